The van der Waals surface area contributed by atoms with Gasteiger partial charge in [0, 0.05) is 35.8 Å². The SMILES string of the molecule is CC(C)(C)c1cccc(C2(NC[C@@H](O)[C@@H](N)Cc3cc(F)cc(F)c3)CCC(O)(c3nccs3)CC2)c1. The second kappa shape index (κ2) is 10.9. The molecular formula is C29H37F2N3O2S. The first-order valence-electron chi connectivity index (χ1n) is 12.8. The van der Waals surface area contributed by atoms with E-state index < -0.39 is 34.9 Å². The molecule has 8 heteroatoms. The molecule has 200 valence electrons. The first kappa shape index (κ1) is 27.8. The zero-order valence-electron chi connectivity index (χ0n) is 21.7. The molecule has 1 aliphatic carbocycles. The van der Waals surface area contributed by atoms with E-state index in [1.54, 1.807) is 6.20 Å². The number of aromatic nitrogens is 1. The Labute approximate surface area is 221 Å². The molecule has 0 bridgehead atoms. The van der Waals surface area contributed by atoms with E-state index in [0.29, 0.717) is 31.2 Å². The summed E-state index contributed by atoms with van der Waals surface area (Å²) in [7, 11) is 0. The molecule has 1 heterocycles. The van der Waals surface area contributed by atoms with Crippen LogP contribution >= 0.6 is 11.3 Å². The van der Waals surface area contributed by atoms with Crippen LogP contribution in [0, 0.1) is 11.6 Å². The van der Waals surface area contributed by atoms with E-state index in [2.05, 4.69) is 55.3 Å². The minimum atomic E-state index is -0.975. The smallest absolute Gasteiger partial charge is 0.126 e. The quantitative estimate of drug-likeness (QED) is 0.333. The van der Waals surface area contributed by atoms with Crippen molar-refractivity contribution in [2.24, 2.45) is 5.73 Å². The summed E-state index contributed by atoms with van der Waals surface area (Å²) < 4.78 is 27.2. The summed E-state index contributed by atoms with van der Waals surface area (Å²) in [6, 6.07) is 11.1. The average Bonchev–Trinajstić information content (AvgIpc) is 3.39. The van der Waals surface area contributed by atoms with Crippen molar-refractivity contribution in [3.63, 3.8) is 0 Å². The summed E-state index contributed by atoms with van der Waals surface area (Å²) in [6.07, 6.45) is 3.27. The number of hydrogen-bond donors (Lipinski definition) is 4. The number of nitrogens with zero attached hydrogens (tertiary/aromatic N) is 1. The molecule has 4 rings (SSSR count). The van der Waals surface area contributed by atoms with Gasteiger partial charge in [0.2, 0.25) is 0 Å². The average molecular weight is 530 g/mol. The Bertz CT molecular complexity index is 1170. The van der Waals surface area contributed by atoms with Crippen LogP contribution in [-0.4, -0.2) is 33.9 Å². The van der Waals surface area contributed by atoms with E-state index in [9.17, 15) is 19.0 Å². The standard InChI is InChI=1S/C29H37F2N3O2S/c1-27(2,3)20-5-4-6-21(16-20)28(7-9-29(36,10-8-28)26-33-11-12-37-26)34-18-25(35)24(32)15-19-13-22(30)17-23(31)14-19/h4-6,11-14,16-17,24-25,34-36H,7-10,15,18,32H2,1-3H3/t24-,25+,28?,29?/m0/s1. The number of nitrogens with two attached hydrogens (primary N) is 1. The maximum atomic E-state index is 13.6. The highest BCUT2D eigenvalue weighted by molar-refractivity contribution is 7.09. The Kier molecular flexibility index (Phi) is 8.16. The van der Waals surface area contributed by atoms with Crippen molar-refractivity contribution in [2.45, 2.75) is 81.6 Å². The van der Waals surface area contributed by atoms with Gasteiger partial charge in [-0.2, -0.15) is 0 Å². The maximum absolute atomic E-state index is 13.6. The summed E-state index contributed by atoms with van der Waals surface area (Å²) in [5.74, 6) is -1.33. The van der Waals surface area contributed by atoms with Crippen molar-refractivity contribution in [1.29, 1.82) is 0 Å². The van der Waals surface area contributed by atoms with E-state index in [4.69, 9.17) is 5.73 Å². The Morgan fingerprint density at radius 1 is 1.08 bits per heavy atom. The molecule has 0 spiro atoms. The molecule has 2 aromatic carbocycles. The van der Waals surface area contributed by atoms with E-state index in [1.807, 2.05) is 5.38 Å². The number of rotatable bonds is 8. The van der Waals surface area contributed by atoms with Crippen molar-refractivity contribution in [3.05, 3.63) is 87.4 Å². The van der Waals surface area contributed by atoms with Crippen molar-refractivity contribution < 1.29 is 19.0 Å². The number of hydrogen-bond acceptors (Lipinski definition) is 6. The van der Waals surface area contributed by atoms with E-state index in [1.165, 1.54) is 29.0 Å². The molecule has 3 aromatic rings. The minimum absolute atomic E-state index is 0.0322. The third kappa shape index (κ3) is 6.44. The third-order valence-corrected chi connectivity index (χ3v) is 8.55. The molecule has 1 aromatic heterocycles. The van der Waals surface area contributed by atoms with Crippen molar-refractivity contribution in [3.8, 4) is 0 Å². The van der Waals surface area contributed by atoms with Gasteiger partial charge in [-0.05, 0) is 66.3 Å². The fraction of sp³-hybridized carbons (Fsp3) is 0.483. The maximum Gasteiger partial charge on any atom is 0.126 e. The molecule has 0 saturated heterocycles. The van der Waals surface area contributed by atoms with Gasteiger partial charge in [0.15, 0.2) is 0 Å². The molecule has 0 aliphatic heterocycles. The lowest BCUT2D eigenvalue weighted by Gasteiger charge is -2.45. The largest absolute Gasteiger partial charge is 0.390 e. The fourth-order valence-corrected chi connectivity index (χ4v) is 5.99. The first-order valence-corrected chi connectivity index (χ1v) is 13.7. The van der Waals surface area contributed by atoms with E-state index in [0.717, 1.165) is 16.6 Å². The minimum Gasteiger partial charge on any atom is -0.390 e. The highest BCUT2D eigenvalue weighted by Crippen LogP contribution is 2.46. The molecular weight excluding hydrogens is 492 g/mol. The molecule has 1 saturated carbocycles. The first-order chi connectivity index (χ1) is 17.4. The van der Waals surface area contributed by atoms with Crippen molar-refractivity contribution in [1.82, 2.24) is 10.3 Å². The number of nitrogens with one attached hydrogen (secondary N) is 1. The predicted octanol–water partition coefficient (Wildman–Crippen LogP) is 4.90. The van der Waals surface area contributed by atoms with Gasteiger partial charge in [0.1, 0.15) is 22.2 Å². The number of benzene rings is 2. The molecule has 2 atom stereocenters. The fourth-order valence-electron chi connectivity index (χ4n) is 5.20. The van der Waals surface area contributed by atoms with Crippen LogP contribution in [0.15, 0.2) is 54.0 Å². The molecule has 0 unspecified atom stereocenters. The Hall–Kier alpha value is -2.23. The molecule has 37 heavy (non-hydrogen) atoms. The summed E-state index contributed by atoms with van der Waals surface area (Å²) in [6.45, 7) is 6.72. The van der Waals surface area contributed by atoms with Crippen LogP contribution in [0.4, 0.5) is 8.78 Å². The van der Waals surface area contributed by atoms with Gasteiger partial charge in [0.25, 0.3) is 0 Å². The van der Waals surface area contributed by atoms with Gasteiger partial charge >= 0.3 is 0 Å². The second-order valence-corrected chi connectivity index (χ2v) is 12.3. The number of thiazole rings is 1. The Morgan fingerprint density at radius 2 is 1.76 bits per heavy atom. The lowest BCUT2D eigenvalue weighted by molar-refractivity contribution is -0.0300. The second-order valence-electron chi connectivity index (χ2n) is 11.4. The monoisotopic (exact) mass is 529 g/mol. The summed E-state index contributed by atoms with van der Waals surface area (Å²) in [5.41, 5.74) is 7.49. The van der Waals surface area contributed by atoms with Crippen LogP contribution in [0.25, 0.3) is 0 Å². The van der Waals surface area contributed by atoms with Gasteiger partial charge in [0.05, 0.1) is 6.10 Å². The van der Waals surface area contributed by atoms with Crippen LogP contribution < -0.4 is 11.1 Å². The normalized spacial score (nSPS) is 24.1. The van der Waals surface area contributed by atoms with Gasteiger partial charge < -0.3 is 21.3 Å². The zero-order chi connectivity index (χ0) is 26.8. The van der Waals surface area contributed by atoms with Crippen LogP contribution in [-0.2, 0) is 23.0 Å². The lowest BCUT2D eigenvalue weighted by atomic mass is 9.70. The van der Waals surface area contributed by atoms with Crippen molar-refractivity contribution in [2.75, 3.05) is 6.54 Å². The lowest BCUT2D eigenvalue weighted by Crippen LogP contribution is -2.53. The molecule has 1 aliphatic rings. The highest BCUT2D eigenvalue weighted by Gasteiger charge is 2.45. The van der Waals surface area contributed by atoms with Gasteiger partial charge in [-0.1, -0.05) is 45.0 Å². The number of halogens is 2. The van der Waals surface area contributed by atoms with Crippen LogP contribution in [0.2, 0.25) is 0 Å². The molecule has 0 amide bonds. The highest BCUT2D eigenvalue weighted by atomic mass is 32.1. The zero-order valence-corrected chi connectivity index (χ0v) is 22.5. The van der Waals surface area contributed by atoms with Crippen molar-refractivity contribution >= 4 is 11.3 Å². The summed E-state index contributed by atoms with van der Waals surface area (Å²) in [5, 5.41) is 28.5. The van der Waals surface area contributed by atoms with E-state index in [-0.39, 0.29) is 18.4 Å². The predicted molar refractivity (Wildman–Crippen MR) is 143 cm³/mol. The molecule has 1 fully saturated rings. The third-order valence-electron chi connectivity index (χ3n) is 7.58. The molecule has 5 N–H and O–H groups in total. The molecule has 0 radical (unpaired) electrons. The Morgan fingerprint density at radius 3 is 2.35 bits per heavy atom. The van der Waals surface area contributed by atoms with Gasteiger partial charge in [-0.25, -0.2) is 13.8 Å². The van der Waals surface area contributed by atoms with Gasteiger partial charge in [-0.15, -0.1) is 11.3 Å². The topological polar surface area (TPSA) is 91.4 Å². The Balaban J connectivity index is 1.54. The van der Waals surface area contributed by atoms with E-state index >= 15 is 0 Å². The van der Waals surface area contributed by atoms with Crippen LogP contribution in [0.5, 0.6) is 0 Å². The van der Waals surface area contributed by atoms with Gasteiger partial charge in [-0.3, -0.25) is 0 Å². The summed E-state index contributed by atoms with van der Waals surface area (Å²) in [4.78, 5) is 4.37. The number of aliphatic hydroxyl groups is 2. The van der Waals surface area contributed by atoms with Crippen LogP contribution in [0.3, 0.4) is 0 Å². The van der Waals surface area contributed by atoms with Crippen LogP contribution in [0.1, 0.15) is 68.2 Å². The molecule has 5 nitrogen and oxygen atoms in total. The summed E-state index contributed by atoms with van der Waals surface area (Å²) >= 11 is 1.46. The number of aliphatic hydroxyl groups excluding tert-OH is 1.